The maximum Gasteiger partial charge on any atom is 0.0854 e. The third kappa shape index (κ3) is 5.86. The Bertz CT molecular complexity index is 456. The molecule has 0 spiro atoms. The summed E-state index contributed by atoms with van der Waals surface area (Å²) in [6.45, 7) is 2.65. The Morgan fingerprint density at radius 2 is 1.95 bits per heavy atom. The van der Waals surface area contributed by atoms with Gasteiger partial charge in [-0.15, -0.1) is 0 Å². The fourth-order valence-electron chi connectivity index (χ4n) is 1.41. The van der Waals surface area contributed by atoms with Gasteiger partial charge in [0, 0.05) is 26.8 Å². The minimum atomic E-state index is 0.615. The lowest BCUT2D eigenvalue weighted by Crippen LogP contribution is -2.07. The Labute approximate surface area is 115 Å². The molecule has 0 amide bonds. The zero-order valence-electron chi connectivity index (χ0n) is 12.1. The number of benzene rings is 1. The molecule has 0 aliphatic carbocycles. The highest BCUT2D eigenvalue weighted by molar-refractivity contribution is 5.51. The Balaban J connectivity index is 2.53. The van der Waals surface area contributed by atoms with E-state index >= 15 is 0 Å². The third-order valence-electron chi connectivity index (χ3n) is 2.52. The average molecular weight is 258 g/mol. The number of nitrogens with zero attached hydrogens (tertiary/aromatic N) is 3. The van der Waals surface area contributed by atoms with Gasteiger partial charge in [-0.1, -0.05) is 11.6 Å². The van der Waals surface area contributed by atoms with Crippen LogP contribution in [-0.4, -0.2) is 27.7 Å². The van der Waals surface area contributed by atoms with Crippen molar-refractivity contribution in [3.05, 3.63) is 48.2 Å². The van der Waals surface area contributed by atoms with E-state index in [-0.39, 0.29) is 0 Å². The van der Waals surface area contributed by atoms with Crippen LogP contribution in [0.15, 0.2) is 58.4 Å². The van der Waals surface area contributed by atoms with Gasteiger partial charge in [-0.25, -0.2) is 0 Å². The first-order chi connectivity index (χ1) is 9.13. The van der Waals surface area contributed by atoms with E-state index in [2.05, 4.69) is 20.4 Å². The molecule has 4 heteroatoms. The first-order valence-electron chi connectivity index (χ1n) is 6.28. The van der Waals surface area contributed by atoms with Crippen LogP contribution in [0.5, 0.6) is 0 Å². The van der Waals surface area contributed by atoms with E-state index in [0.29, 0.717) is 6.54 Å². The van der Waals surface area contributed by atoms with Crippen LogP contribution >= 0.6 is 0 Å². The van der Waals surface area contributed by atoms with Crippen molar-refractivity contribution < 1.29 is 0 Å². The summed E-state index contributed by atoms with van der Waals surface area (Å²) in [6.07, 6.45) is 5.85. The molecular weight excluding hydrogens is 236 g/mol. The van der Waals surface area contributed by atoms with Crippen molar-refractivity contribution >= 4 is 11.4 Å². The maximum atomic E-state index is 4.20. The van der Waals surface area contributed by atoms with Crippen molar-refractivity contribution in [3.63, 3.8) is 0 Å². The highest BCUT2D eigenvalue weighted by Gasteiger charge is 1.94. The smallest absolute Gasteiger partial charge is 0.0854 e. The molecule has 0 radical (unpaired) electrons. The summed E-state index contributed by atoms with van der Waals surface area (Å²) in [4.78, 5) is 2.06. The lowest BCUT2D eigenvalue weighted by molar-refractivity contribution is 1.02. The number of hydrogen-bond acceptors (Lipinski definition) is 4. The van der Waals surface area contributed by atoms with Gasteiger partial charge in [0.25, 0.3) is 0 Å². The molecule has 1 rings (SSSR count). The second kappa shape index (κ2) is 8.08. The van der Waals surface area contributed by atoms with Crippen LogP contribution in [0, 0.1) is 0 Å². The molecule has 0 aliphatic heterocycles. The van der Waals surface area contributed by atoms with E-state index in [4.69, 9.17) is 0 Å². The van der Waals surface area contributed by atoms with Gasteiger partial charge in [0.05, 0.1) is 12.2 Å². The number of anilines is 1. The number of azo groups is 1. The molecule has 0 heterocycles. The SMILES string of the molecule is CN/C=C\C=C(\C)CN=Nc1ccc(N(C)C)cc1. The van der Waals surface area contributed by atoms with Gasteiger partial charge in [0.2, 0.25) is 0 Å². The van der Waals surface area contributed by atoms with E-state index in [1.54, 1.807) is 0 Å². The number of hydrogen-bond donors (Lipinski definition) is 1. The van der Waals surface area contributed by atoms with E-state index < -0.39 is 0 Å². The lowest BCUT2D eigenvalue weighted by atomic mass is 10.3. The van der Waals surface area contributed by atoms with E-state index in [1.807, 2.05) is 70.7 Å². The fraction of sp³-hybridized carbons (Fsp3) is 0.333. The molecule has 0 unspecified atom stereocenters. The zero-order valence-corrected chi connectivity index (χ0v) is 12.1. The van der Waals surface area contributed by atoms with Crippen LogP contribution < -0.4 is 10.2 Å². The minimum Gasteiger partial charge on any atom is -0.394 e. The molecule has 1 N–H and O–H groups in total. The third-order valence-corrected chi connectivity index (χ3v) is 2.52. The quantitative estimate of drug-likeness (QED) is 0.626. The van der Waals surface area contributed by atoms with Crippen molar-refractivity contribution in [2.24, 2.45) is 10.2 Å². The Morgan fingerprint density at radius 1 is 1.26 bits per heavy atom. The van der Waals surface area contributed by atoms with Gasteiger partial charge in [-0.3, -0.25) is 0 Å². The summed E-state index contributed by atoms with van der Waals surface area (Å²) in [7, 11) is 5.91. The molecule has 0 saturated carbocycles. The molecule has 0 atom stereocenters. The van der Waals surface area contributed by atoms with Gasteiger partial charge in [0.1, 0.15) is 0 Å². The summed E-state index contributed by atoms with van der Waals surface area (Å²) in [5.41, 5.74) is 3.21. The van der Waals surface area contributed by atoms with E-state index in [0.717, 1.165) is 11.4 Å². The number of allylic oxidation sites excluding steroid dienone is 2. The molecule has 1 aromatic rings. The monoisotopic (exact) mass is 258 g/mol. The average Bonchev–Trinajstić information content (AvgIpc) is 2.39. The Kier molecular flexibility index (Phi) is 6.36. The lowest BCUT2D eigenvalue weighted by Gasteiger charge is -2.11. The Morgan fingerprint density at radius 3 is 2.53 bits per heavy atom. The summed E-state index contributed by atoms with van der Waals surface area (Å²) in [5.74, 6) is 0. The molecule has 4 nitrogen and oxygen atoms in total. The molecule has 1 aromatic carbocycles. The highest BCUT2D eigenvalue weighted by atomic mass is 15.1. The molecule has 0 bridgehead atoms. The molecule has 0 fully saturated rings. The number of rotatable bonds is 6. The van der Waals surface area contributed by atoms with Gasteiger partial charge >= 0.3 is 0 Å². The van der Waals surface area contributed by atoms with Crippen LogP contribution in [0.2, 0.25) is 0 Å². The molecular formula is C15H22N4. The van der Waals surface area contributed by atoms with Crippen molar-refractivity contribution in [1.82, 2.24) is 5.32 Å². The van der Waals surface area contributed by atoms with Gasteiger partial charge in [-0.2, -0.15) is 10.2 Å². The second-order valence-corrected chi connectivity index (χ2v) is 4.47. The molecule has 0 saturated heterocycles. The van der Waals surface area contributed by atoms with Crippen LogP contribution in [0.1, 0.15) is 6.92 Å². The van der Waals surface area contributed by atoms with Gasteiger partial charge in [-0.05, 0) is 43.5 Å². The van der Waals surface area contributed by atoms with Crippen LogP contribution in [-0.2, 0) is 0 Å². The summed E-state index contributed by atoms with van der Waals surface area (Å²) in [5, 5.41) is 11.3. The van der Waals surface area contributed by atoms with Crippen molar-refractivity contribution in [2.75, 3.05) is 32.6 Å². The van der Waals surface area contributed by atoms with Crippen molar-refractivity contribution in [3.8, 4) is 0 Å². The summed E-state index contributed by atoms with van der Waals surface area (Å²) < 4.78 is 0. The van der Waals surface area contributed by atoms with E-state index in [9.17, 15) is 0 Å². The molecule has 102 valence electrons. The molecule has 19 heavy (non-hydrogen) atoms. The standard InChI is InChI=1S/C15H22N4/c1-13(6-5-11-16-2)12-17-18-14-7-9-15(10-8-14)19(3)4/h5-11,16H,12H2,1-4H3/b11-5-,13-6-,18-17?. The normalized spacial score (nSPS) is 12.3. The topological polar surface area (TPSA) is 40.0 Å². The fourth-order valence-corrected chi connectivity index (χ4v) is 1.41. The van der Waals surface area contributed by atoms with Crippen molar-refractivity contribution in [2.45, 2.75) is 6.92 Å². The Hall–Kier alpha value is -2.10. The summed E-state index contributed by atoms with van der Waals surface area (Å²) in [6, 6.07) is 8.01. The van der Waals surface area contributed by atoms with Gasteiger partial charge in [0.15, 0.2) is 0 Å². The predicted molar refractivity (Wildman–Crippen MR) is 82.1 cm³/mol. The molecule has 0 aromatic heterocycles. The highest BCUT2D eigenvalue weighted by Crippen LogP contribution is 2.18. The largest absolute Gasteiger partial charge is 0.394 e. The first-order valence-corrected chi connectivity index (χ1v) is 6.28. The maximum absolute atomic E-state index is 4.20. The van der Waals surface area contributed by atoms with E-state index in [1.165, 1.54) is 5.57 Å². The number of nitrogens with one attached hydrogen (secondary N) is 1. The predicted octanol–water partition coefficient (Wildman–Crippen LogP) is 3.52. The molecule has 0 aliphatic rings. The summed E-state index contributed by atoms with van der Waals surface area (Å²) >= 11 is 0. The first kappa shape index (κ1) is 15.0. The van der Waals surface area contributed by atoms with Crippen LogP contribution in [0.4, 0.5) is 11.4 Å². The minimum absolute atomic E-state index is 0.615. The van der Waals surface area contributed by atoms with Crippen LogP contribution in [0.25, 0.3) is 0 Å². The van der Waals surface area contributed by atoms with Crippen molar-refractivity contribution in [1.29, 1.82) is 0 Å². The van der Waals surface area contributed by atoms with Crippen LogP contribution in [0.3, 0.4) is 0 Å². The van der Waals surface area contributed by atoms with Gasteiger partial charge < -0.3 is 10.2 Å². The second-order valence-electron chi connectivity index (χ2n) is 4.47. The zero-order chi connectivity index (χ0) is 14.1.